The second-order valence-electron chi connectivity index (χ2n) is 5.36. The number of benzene rings is 2. The molecule has 7 heteroatoms. The molecular formula is C19H12ClNO5. The quantitative estimate of drug-likeness (QED) is 0.682. The number of carbonyl (C=O) groups is 2. The van der Waals surface area contributed by atoms with Gasteiger partial charge in [0.25, 0.3) is 5.91 Å². The van der Waals surface area contributed by atoms with Gasteiger partial charge < -0.3 is 14.8 Å². The highest BCUT2D eigenvalue weighted by Gasteiger charge is 2.13. The minimum absolute atomic E-state index is 0.133. The number of anilines is 1. The summed E-state index contributed by atoms with van der Waals surface area (Å²) >= 11 is 5.79. The van der Waals surface area contributed by atoms with Gasteiger partial charge in [-0.2, -0.15) is 0 Å². The third-order valence-electron chi connectivity index (χ3n) is 3.50. The van der Waals surface area contributed by atoms with Gasteiger partial charge in [-0.1, -0.05) is 17.7 Å². The number of halogens is 1. The number of carbonyl (C=O) groups excluding carboxylic acids is 1. The lowest BCUT2D eigenvalue weighted by molar-refractivity contribution is -0.131. The first-order valence-corrected chi connectivity index (χ1v) is 7.86. The molecule has 2 aromatic carbocycles. The topological polar surface area (TPSA) is 96.6 Å². The fraction of sp³-hybridized carbons (Fsp3) is 0. The summed E-state index contributed by atoms with van der Waals surface area (Å²) in [7, 11) is 0. The Morgan fingerprint density at radius 3 is 2.50 bits per heavy atom. The molecule has 0 aliphatic rings. The van der Waals surface area contributed by atoms with E-state index in [1.54, 1.807) is 30.3 Å². The van der Waals surface area contributed by atoms with E-state index in [0.717, 1.165) is 12.1 Å². The molecule has 0 aliphatic carbocycles. The Bertz CT molecular complexity index is 1080. The first kappa shape index (κ1) is 17.4. The minimum Gasteiger partial charge on any atom is -0.478 e. The largest absolute Gasteiger partial charge is 0.478 e. The van der Waals surface area contributed by atoms with Crippen molar-refractivity contribution in [3.05, 3.63) is 81.2 Å². The van der Waals surface area contributed by atoms with Crippen molar-refractivity contribution in [1.82, 2.24) is 0 Å². The van der Waals surface area contributed by atoms with Crippen LogP contribution in [0.5, 0.6) is 0 Å². The van der Waals surface area contributed by atoms with Gasteiger partial charge in [0.05, 0.1) is 5.39 Å². The molecule has 6 nitrogen and oxygen atoms in total. The van der Waals surface area contributed by atoms with Crippen molar-refractivity contribution in [1.29, 1.82) is 0 Å². The fourth-order valence-corrected chi connectivity index (χ4v) is 2.41. The van der Waals surface area contributed by atoms with Gasteiger partial charge in [0.1, 0.15) is 5.58 Å². The number of carboxylic acid groups (broad SMARTS) is 1. The van der Waals surface area contributed by atoms with E-state index in [1.807, 2.05) is 0 Å². The first-order valence-electron chi connectivity index (χ1n) is 7.48. The van der Waals surface area contributed by atoms with Crippen molar-refractivity contribution in [3.63, 3.8) is 0 Å². The molecule has 0 fully saturated rings. The van der Waals surface area contributed by atoms with Crippen molar-refractivity contribution in [2.24, 2.45) is 0 Å². The van der Waals surface area contributed by atoms with Crippen LogP contribution in [-0.4, -0.2) is 17.0 Å². The van der Waals surface area contributed by atoms with Crippen LogP contribution in [0.2, 0.25) is 5.02 Å². The van der Waals surface area contributed by atoms with E-state index in [9.17, 15) is 14.4 Å². The number of rotatable bonds is 4. The maximum atomic E-state index is 12.3. The number of fused-ring (bicyclic) bond motifs is 1. The van der Waals surface area contributed by atoms with Gasteiger partial charge in [-0.15, -0.1) is 0 Å². The fourth-order valence-electron chi connectivity index (χ4n) is 2.28. The highest BCUT2D eigenvalue weighted by Crippen LogP contribution is 2.18. The molecule has 2 N–H and O–H groups in total. The predicted molar refractivity (Wildman–Crippen MR) is 98.6 cm³/mol. The van der Waals surface area contributed by atoms with Gasteiger partial charge in [0.2, 0.25) is 0 Å². The van der Waals surface area contributed by atoms with Gasteiger partial charge in [0, 0.05) is 22.9 Å². The standard InChI is InChI=1S/C19H12ClNO5/c20-12-3-5-13(6-4-12)21-19(25)17-10-15(22)14-9-11(2-8-18(23)24)1-7-16(14)26-17/h1-10H,(H,21,25)(H,23,24)/b8-2+. The third kappa shape index (κ3) is 3.99. The Morgan fingerprint density at radius 2 is 1.81 bits per heavy atom. The molecular weight excluding hydrogens is 358 g/mol. The number of carboxylic acids is 1. The van der Waals surface area contributed by atoms with Crippen molar-refractivity contribution < 1.29 is 19.1 Å². The lowest BCUT2D eigenvalue weighted by Crippen LogP contribution is -2.14. The number of aliphatic carboxylic acids is 1. The maximum Gasteiger partial charge on any atom is 0.328 e. The van der Waals surface area contributed by atoms with E-state index in [4.69, 9.17) is 21.1 Å². The molecule has 130 valence electrons. The van der Waals surface area contributed by atoms with Gasteiger partial charge in [-0.3, -0.25) is 9.59 Å². The van der Waals surface area contributed by atoms with E-state index in [0.29, 0.717) is 16.3 Å². The number of nitrogens with one attached hydrogen (secondary N) is 1. The van der Waals surface area contributed by atoms with Crippen LogP contribution >= 0.6 is 11.6 Å². The first-order chi connectivity index (χ1) is 12.4. The molecule has 0 bridgehead atoms. The molecule has 0 unspecified atom stereocenters. The molecule has 1 aromatic heterocycles. The summed E-state index contributed by atoms with van der Waals surface area (Å²) in [4.78, 5) is 35.2. The van der Waals surface area contributed by atoms with Crippen molar-refractivity contribution >= 4 is 46.2 Å². The van der Waals surface area contributed by atoms with Crippen molar-refractivity contribution in [2.75, 3.05) is 5.32 Å². The van der Waals surface area contributed by atoms with Gasteiger partial charge in [-0.05, 0) is 48.0 Å². The summed E-state index contributed by atoms with van der Waals surface area (Å²) < 4.78 is 5.50. The van der Waals surface area contributed by atoms with Gasteiger partial charge >= 0.3 is 5.97 Å². The van der Waals surface area contributed by atoms with Crippen LogP contribution in [-0.2, 0) is 4.79 Å². The number of hydrogen-bond donors (Lipinski definition) is 2. The Hall–Kier alpha value is -3.38. The summed E-state index contributed by atoms with van der Waals surface area (Å²) in [5.74, 6) is -1.79. The Kier molecular flexibility index (Phi) is 4.86. The molecule has 3 aromatic rings. The normalized spacial score (nSPS) is 11.0. The molecule has 0 saturated heterocycles. The molecule has 1 heterocycles. The lowest BCUT2D eigenvalue weighted by atomic mass is 10.1. The number of amides is 1. The summed E-state index contributed by atoms with van der Waals surface area (Å²) in [5, 5.41) is 12.1. The van der Waals surface area contributed by atoms with Crippen LogP contribution in [0.4, 0.5) is 5.69 Å². The van der Waals surface area contributed by atoms with Gasteiger partial charge in [0.15, 0.2) is 11.2 Å². The summed E-state index contributed by atoms with van der Waals surface area (Å²) in [6.45, 7) is 0. The smallest absolute Gasteiger partial charge is 0.328 e. The van der Waals surface area contributed by atoms with Crippen LogP contribution in [0.3, 0.4) is 0 Å². The van der Waals surface area contributed by atoms with E-state index < -0.39 is 17.3 Å². The molecule has 0 saturated carbocycles. The molecule has 0 atom stereocenters. The van der Waals surface area contributed by atoms with Crippen molar-refractivity contribution in [3.8, 4) is 0 Å². The zero-order valence-corrected chi connectivity index (χ0v) is 14.0. The Labute approximate surface area is 152 Å². The second kappa shape index (κ2) is 7.25. The molecule has 1 amide bonds. The summed E-state index contributed by atoms with van der Waals surface area (Å²) in [6.07, 6.45) is 2.33. The van der Waals surface area contributed by atoms with E-state index >= 15 is 0 Å². The average molecular weight is 370 g/mol. The second-order valence-corrected chi connectivity index (χ2v) is 5.80. The lowest BCUT2D eigenvalue weighted by Gasteiger charge is -2.06. The van der Waals surface area contributed by atoms with Crippen molar-refractivity contribution in [2.45, 2.75) is 0 Å². The SMILES string of the molecule is O=C(O)/C=C/c1ccc2oc(C(=O)Nc3ccc(Cl)cc3)cc(=O)c2c1. The Balaban J connectivity index is 1.91. The molecule has 0 radical (unpaired) electrons. The Morgan fingerprint density at radius 1 is 1.08 bits per heavy atom. The third-order valence-corrected chi connectivity index (χ3v) is 3.75. The molecule has 0 spiro atoms. The predicted octanol–water partition coefficient (Wildman–Crippen LogP) is 3.80. The maximum absolute atomic E-state index is 12.3. The van der Waals surface area contributed by atoms with E-state index in [1.165, 1.54) is 18.2 Å². The van der Waals surface area contributed by atoms with Crippen LogP contribution in [0.25, 0.3) is 17.0 Å². The monoisotopic (exact) mass is 369 g/mol. The summed E-state index contributed by atoms with van der Waals surface area (Å²) in [6, 6.07) is 12.2. The van der Waals surface area contributed by atoms with E-state index in [-0.39, 0.29) is 16.7 Å². The van der Waals surface area contributed by atoms with E-state index in [2.05, 4.69) is 5.32 Å². The molecule has 26 heavy (non-hydrogen) atoms. The highest BCUT2D eigenvalue weighted by atomic mass is 35.5. The van der Waals surface area contributed by atoms with Crippen LogP contribution in [0.1, 0.15) is 16.1 Å². The molecule has 0 aliphatic heterocycles. The molecule has 3 rings (SSSR count). The number of hydrogen-bond acceptors (Lipinski definition) is 4. The zero-order valence-electron chi connectivity index (χ0n) is 13.2. The highest BCUT2D eigenvalue weighted by molar-refractivity contribution is 6.30. The summed E-state index contributed by atoms with van der Waals surface area (Å²) in [5.41, 5.74) is 0.867. The van der Waals surface area contributed by atoms with Crippen LogP contribution in [0.15, 0.2) is 63.8 Å². The van der Waals surface area contributed by atoms with Gasteiger partial charge in [-0.25, -0.2) is 4.79 Å². The zero-order chi connectivity index (χ0) is 18.7. The average Bonchev–Trinajstić information content (AvgIpc) is 2.62. The minimum atomic E-state index is -1.09. The van der Waals surface area contributed by atoms with Crippen LogP contribution < -0.4 is 10.7 Å². The van der Waals surface area contributed by atoms with Crippen LogP contribution in [0, 0.1) is 0 Å².